The normalized spacial score (nSPS) is 14.3. The Morgan fingerprint density at radius 2 is 0.723 bits per heavy atom. The average Bonchev–Trinajstić information content (AvgIpc) is 3.07. The highest BCUT2D eigenvalue weighted by atomic mass is 16.3. The van der Waals surface area contributed by atoms with Gasteiger partial charge in [0.1, 0.15) is 12.2 Å². The van der Waals surface area contributed by atoms with Crippen molar-refractivity contribution in [3.05, 3.63) is 0 Å². The van der Waals surface area contributed by atoms with Crippen LogP contribution in [0.1, 0.15) is 226 Å². The molecule has 0 rings (SSSR count). The zero-order chi connectivity index (χ0) is 34.6. The van der Waals surface area contributed by atoms with Crippen molar-refractivity contribution >= 4 is 5.91 Å². The lowest BCUT2D eigenvalue weighted by molar-refractivity contribution is -0.132. The number of hydrogen-bond donors (Lipinski definition) is 5. The molecule has 0 aromatic heterocycles. The quantitative estimate of drug-likeness (QED) is 0.0420. The van der Waals surface area contributed by atoms with Crippen molar-refractivity contribution in [2.75, 3.05) is 6.61 Å². The summed E-state index contributed by atoms with van der Waals surface area (Å²) in [5.41, 5.74) is 0. The minimum Gasteiger partial charge on any atom is -0.394 e. The number of aliphatic hydroxyl groups excluding tert-OH is 4. The van der Waals surface area contributed by atoms with E-state index in [9.17, 15) is 25.2 Å². The smallest absolute Gasteiger partial charge is 0.249 e. The van der Waals surface area contributed by atoms with Crippen LogP contribution >= 0.6 is 0 Å². The minimum atomic E-state index is -1.25. The summed E-state index contributed by atoms with van der Waals surface area (Å²) in [7, 11) is 0. The number of hydrogen-bond acceptors (Lipinski definition) is 5. The maximum atomic E-state index is 12.5. The van der Waals surface area contributed by atoms with E-state index in [-0.39, 0.29) is 0 Å². The second-order valence-corrected chi connectivity index (χ2v) is 14.7. The third-order valence-corrected chi connectivity index (χ3v) is 10.1. The lowest BCUT2D eigenvalue weighted by Crippen LogP contribution is -2.53. The first-order chi connectivity index (χ1) is 23.0. The van der Waals surface area contributed by atoms with Gasteiger partial charge in [-0.2, -0.15) is 0 Å². The van der Waals surface area contributed by atoms with Gasteiger partial charge < -0.3 is 25.7 Å². The summed E-state index contributed by atoms with van der Waals surface area (Å²) >= 11 is 0. The molecule has 0 bridgehead atoms. The average molecular weight is 670 g/mol. The molecule has 0 heterocycles. The monoisotopic (exact) mass is 670 g/mol. The molecule has 282 valence electrons. The first kappa shape index (κ1) is 46.3. The van der Waals surface area contributed by atoms with Crippen LogP contribution in [0.5, 0.6) is 0 Å². The molecule has 0 saturated carbocycles. The van der Waals surface area contributed by atoms with Gasteiger partial charge in [0.2, 0.25) is 5.91 Å². The van der Waals surface area contributed by atoms with Gasteiger partial charge in [-0.1, -0.05) is 213 Å². The van der Waals surface area contributed by atoms with Crippen LogP contribution in [0.25, 0.3) is 0 Å². The molecule has 0 aliphatic carbocycles. The van der Waals surface area contributed by atoms with Crippen molar-refractivity contribution in [1.29, 1.82) is 0 Å². The van der Waals surface area contributed by atoms with Crippen LogP contribution in [-0.4, -0.2) is 57.3 Å². The molecule has 0 aliphatic heterocycles. The molecule has 0 aromatic carbocycles. The highest BCUT2D eigenvalue weighted by Gasteiger charge is 2.28. The fourth-order valence-electron chi connectivity index (χ4n) is 6.70. The molecular formula is C41H83NO5. The minimum absolute atomic E-state index is 0.375. The zero-order valence-corrected chi connectivity index (χ0v) is 31.5. The molecule has 6 nitrogen and oxygen atoms in total. The van der Waals surface area contributed by atoms with Gasteiger partial charge in [-0.3, -0.25) is 4.79 Å². The van der Waals surface area contributed by atoms with Gasteiger partial charge in [0.25, 0.3) is 0 Å². The number of aliphatic hydroxyl groups is 4. The third kappa shape index (κ3) is 31.1. The first-order valence-corrected chi connectivity index (χ1v) is 20.9. The van der Waals surface area contributed by atoms with Crippen LogP contribution < -0.4 is 5.32 Å². The molecule has 1 unspecified atom stereocenters. The second kappa shape index (κ2) is 36.6. The topological polar surface area (TPSA) is 110 Å². The molecule has 0 radical (unpaired) electrons. The maximum absolute atomic E-state index is 12.5. The van der Waals surface area contributed by atoms with Gasteiger partial charge in [0, 0.05) is 0 Å². The fourth-order valence-corrected chi connectivity index (χ4v) is 6.70. The highest BCUT2D eigenvalue weighted by Crippen LogP contribution is 2.17. The van der Waals surface area contributed by atoms with Gasteiger partial charge in [-0.15, -0.1) is 0 Å². The summed E-state index contributed by atoms with van der Waals surface area (Å²) in [4.78, 5) is 12.5. The van der Waals surface area contributed by atoms with Crippen molar-refractivity contribution in [3.8, 4) is 0 Å². The van der Waals surface area contributed by atoms with Crippen LogP contribution in [0.3, 0.4) is 0 Å². The zero-order valence-electron chi connectivity index (χ0n) is 31.5. The van der Waals surface area contributed by atoms with Crippen molar-refractivity contribution in [3.63, 3.8) is 0 Å². The standard InChI is InChI=1S/C41H83NO5/c1-3-5-7-9-11-13-15-17-18-19-20-21-22-23-25-27-29-31-33-35-39(45)41(47)42-37(36-43)40(46)38(44)34-32-30-28-26-24-16-14-12-10-8-6-4-2/h37-40,43-46H,3-36H2,1-2H3,(H,42,47)/t37-,38+,39?,40-/m0/s1. The Kier molecular flexibility index (Phi) is 36.0. The molecule has 0 aliphatic rings. The summed E-state index contributed by atoms with van der Waals surface area (Å²) in [5, 5.41) is 43.6. The van der Waals surface area contributed by atoms with Crippen molar-refractivity contribution < 1.29 is 25.2 Å². The Morgan fingerprint density at radius 1 is 0.447 bits per heavy atom. The van der Waals surface area contributed by atoms with E-state index in [1.54, 1.807) is 0 Å². The van der Waals surface area contributed by atoms with E-state index in [0.29, 0.717) is 12.8 Å². The summed E-state index contributed by atoms with van der Waals surface area (Å²) in [6, 6.07) is -0.977. The van der Waals surface area contributed by atoms with Gasteiger partial charge in [0.05, 0.1) is 18.8 Å². The molecule has 4 atom stereocenters. The van der Waals surface area contributed by atoms with E-state index in [2.05, 4.69) is 19.2 Å². The van der Waals surface area contributed by atoms with Gasteiger partial charge in [0.15, 0.2) is 0 Å². The number of amides is 1. The van der Waals surface area contributed by atoms with E-state index in [1.165, 1.54) is 161 Å². The van der Waals surface area contributed by atoms with E-state index in [0.717, 1.165) is 38.5 Å². The summed E-state index contributed by atoms with van der Waals surface area (Å²) in [5.74, 6) is -0.580. The molecule has 0 aromatic rings. The Bertz CT molecular complexity index is 633. The summed E-state index contributed by atoms with van der Waals surface area (Å²) in [6.07, 6.45) is 37.0. The van der Waals surface area contributed by atoms with E-state index < -0.39 is 36.9 Å². The Labute approximate surface area is 292 Å². The fraction of sp³-hybridized carbons (Fsp3) is 0.976. The van der Waals surface area contributed by atoms with Gasteiger partial charge in [-0.25, -0.2) is 0 Å². The second-order valence-electron chi connectivity index (χ2n) is 14.7. The highest BCUT2D eigenvalue weighted by molar-refractivity contribution is 5.80. The van der Waals surface area contributed by atoms with E-state index >= 15 is 0 Å². The van der Waals surface area contributed by atoms with Crippen LogP contribution in [-0.2, 0) is 4.79 Å². The summed E-state index contributed by atoms with van der Waals surface area (Å²) < 4.78 is 0. The van der Waals surface area contributed by atoms with Crippen LogP contribution in [0.15, 0.2) is 0 Å². The number of carbonyl (C=O) groups excluding carboxylic acids is 1. The largest absolute Gasteiger partial charge is 0.394 e. The molecule has 1 amide bonds. The van der Waals surface area contributed by atoms with Crippen LogP contribution in [0, 0.1) is 0 Å². The molecular weight excluding hydrogens is 586 g/mol. The van der Waals surface area contributed by atoms with Gasteiger partial charge >= 0.3 is 0 Å². The number of unbranched alkanes of at least 4 members (excludes halogenated alkanes) is 29. The predicted molar refractivity (Wildman–Crippen MR) is 201 cm³/mol. The summed E-state index contributed by atoms with van der Waals surface area (Å²) in [6.45, 7) is 4.05. The maximum Gasteiger partial charge on any atom is 0.249 e. The number of rotatable bonds is 38. The third-order valence-electron chi connectivity index (χ3n) is 10.1. The molecule has 0 fully saturated rings. The van der Waals surface area contributed by atoms with Gasteiger partial charge in [-0.05, 0) is 12.8 Å². The predicted octanol–water partition coefficient (Wildman–Crippen LogP) is 10.5. The van der Waals surface area contributed by atoms with E-state index in [1.807, 2.05) is 0 Å². The molecule has 5 N–H and O–H groups in total. The van der Waals surface area contributed by atoms with Crippen molar-refractivity contribution in [1.82, 2.24) is 5.32 Å². The Morgan fingerprint density at radius 3 is 1.02 bits per heavy atom. The molecule has 6 heteroatoms. The van der Waals surface area contributed by atoms with Crippen LogP contribution in [0.2, 0.25) is 0 Å². The van der Waals surface area contributed by atoms with Crippen molar-refractivity contribution in [2.45, 2.75) is 250 Å². The van der Waals surface area contributed by atoms with Crippen molar-refractivity contribution in [2.24, 2.45) is 0 Å². The SMILES string of the molecule is CCCCCCCCCCCCCCCCCCCCCC(O)C(=O)N[C@@H](CO)[C@H](O)[C@H](O)CCCCCCCCCCCCCC. The molecule has 0 spiro atoms. The molecule has 47 heavy (non-hydrogen) atoms. The molecule has 0 saturated heterocycles. The lowest BCUT2D eigenvalue weighted by Gasteiger charge is -2.27. The Balaban J connectivity index is 3.70. The van der Waals surface area contributed by atoms with E-state index in [4.69, 9.17) is 0 Å². The Hall–Kier alpha value is -0.690. The first-order valence-electron chi connectivity index (χ1n) is 20.9. The number of nitrogens with one attached hydrogen (secondary N) is 1. The number of carbonyl (C=O) groups is 1. The van der Waals surface area contributed by atoms with Crippen LogP contribution in [0.4, 0.5) is 0 Å². The lowest BCUT2D eigenvalue weighted by atomic mass is 9.99.